The predicted molar refractivity (Wildman–Crippen MR) is 98.7 cm³/mol. The smallest absolute Gasteiger partial charge is 0.264 e. The maximum absolute atomic E-state index is 12.9. The Labute approximate surface area is 158 Å². The van der Waals surface area contributed by atoms with Crippen molar-refractivity contribution in [2.75, 3.05) is 0 Å². The molecule has 1 aliphatic rings. The number of carbonyl (C=O) groups is 2. The van der Waals surface area contributed by atoms with Gasteiger partial charge < -0.3 is 20.0 Å². The molecule has 1 fully saturated rings. The lowest BCUT2D eigenvalue weighted by atomic mass is 10.2. The van der Waals surface area contributed by atoms with Crippen molar-refractivity contribution in [2.24, 2.45) is 4.99 Å². The highest BCUT2D eigenvalue weighted by Gasteiger charge is 2.23. The fourth-order valence-corrected chi connectivity index (χ4v) is 3.00. The number of nitrogens with one attached hydrogen (secondary N) is 1. The number of benzene rings is 2. The first-order valence-electron chi connectivity index (χ1n) is 7.93. The number of aliphatic carboxylic acids is 1. The highest BCUT2D eigenvalue weighted by atomic mass is 32.2. The third kappa shape index (κ3) is 4.95. The van der Waals surface area contributed by atoms with Gasteiger partial charge in [0, 0.05) is 0 Å². The van der Waals surface area contributed by atoms with Gasteiger partial charge in [-0.2, -0.15) is 0 Å². The lowest BCUT2D eigenvalue weighted by Crippen LogP contribution is -2.37. The van der Waals surface area contributed by atoms with Crippen LogP contribution in [0.3, 0.4) is 0 Å². The summed E-state index contributed by atoms with van der Waals surface area (Å²) in [5, 5.41) is 13.7. The van der Waals surface area contributed by atoms with E-state index < -0.39 is 12.1 Å². The molecule has 1 N–H and O–H groups in total. The molecule has 0 saturated carbocycles. The second-order valence-corrected chi connectivity index (χ2v) is 6.64. The molecule has 2 aromatic rings. The van der Waals surface area contributed by atoms with E-state index in [1.54, 1.807) is 30.3 Å². The highest BCUT2D eigenvalue weighted by Crippen LogP contribution is 2.28. The summed E-state index contributed by atoms with van der Waals surface area (Å²) in [6.07, 6.45) is 0.620. The van der Waals surface area contributed by atoms with Gasteiger partial charge in [0.2, 0.25) is 0 Å². The van der Waals surface area contributed by atoms with Crippen LogP contribution in [-0.4, -0.2) is 23.1 Å². The highest BCUT2D eigenvalue weighted by molar-refractivity contribution is 8.18. The summed E-state index contributed by atoms with van der Waals surface area (Å²) in [4.78, 5) is 27.5. The van der Waals surface area contributed by atoms with E-state index in [0.717, 1.165) is 5.56 Å². The van der Waals surface area contributed by atoms with Crippen molar-refractivity contribution in [3.05, 3.63) is 64.8 Å². The predicted octanol–water partition coefficient (Wildman–Crippen LogP) is 2.23. The van der Waals surface area contributed by atoms with E-state index in [2.05, 4.69) is 10.3 Å². The summed E-state index contributed by atoms with van der Waals surface area (Å²) in [6, 6.07) is 12.2. The van der Waals surface area contributed by atoms with Gasteiger partial charge in [-0.05, 0) is 66.7 Å². The Kier molecular flexibility index (Phi) is 5.56. The van der Waals surface area contributed by atoms with Crippen molar-refractivity contribution < 1.29 is 23.8 Å². The molecule has 1 atom stereocenters. The zero-order valence-electron chi connectivity index (χ0n) is 14.1. The Bertz CT molecular complexity index is 924. The Hall–Kier alpha value is -3.13. The number of carboxylic acid groups (broad SMARTS) is 1. The maximum Gasteiger partial charge on any atom is 0.264 e. The molecule has 1 amide bonds. The number of amidine groups is 1. The molecule has 6 nitrogen and oxygen atoms in total. The van der Waals surface area contributed by atoms with Gasteiger partial charge in [-0.15, -0.1) is 0 Å². The van der Waals surface area contributed by atoms with Crippen molar-refractivity contribution >= 4 is 40.6 Å². The first-order valence-corrected chi connectivity index (χ1v) is 8.75. The van der Waals surface area contributed by atoms with Crippen molar-refractivity contribution in [1.82, 2.24) is 5.32 Å². The number of halogens is 1. The summed E-state index contributed by atoms with van der Waals surface area (Å²) in [5.41, 5.74) is 1.27. The summed E-state index contributed by atoms with van der Waals surface area (Å²) in [7, 11) is 0. The Morgan fingerprint density at radius 3 is 2.52 bits per heavy atom. The van der Waals surface area contributed by atoms with Crippen LogP contribution in [0.15, 0.2) is 58.4 Å². The van der Waals surface area contributed by atoms with Gasteiger partial charge in [0.15, 0.2) is 5.17 Å². The van der Waals surface area contributed by atoms with Crippen molar-refractivity contribution in [1.29, 1.82) is 0 Å². The molecule has 1 heterocycles. The Morgan fingerprint density at radius 1 is 1.22 bits per heavy atom. The van der Waals surface area contributed by atoms with Gasteiger partial charge in [-0.3, -0.25) is 4.79 Å². The number of amides is 1. The van der Waals surface area contributed by atoms with E-state index in [0.29, 0.717) is 21.5 Å². The summed E-state index contributed by atoms with van der Waals surface area (Å²) >= 11 is 1.17. The first-order chi connectivity index (χ1) is 12.9. The average molecular weight is 385 g/mol. The molecule has 138 valence electrons. The average Bonchev–Trinajstić information content (AvgIpc) is 2.97. The van der Waals surface area contributed by atoms with Crippen LogP contribution in [0, 0.1) is 5.82 Å². The number of nitrogens with zero attached hydrogens (tertiary/aromatic N) is 1. The molecule has 1 aliphatic heterocycles. The molecular weight excluding hydrogens is 371 g/mol. The summed E-state index contributed by atoms with van der Waals surface area (Å²) in [6.45, 7) is 1.38. The zero-order valence-corrected chi connectivity index (χ0v) is 15.0. The van der Waals surface area contributed by atoms with Gasteiger partial charge in [-0.25, -0.2) is 9.38 Å². The SMILES string of the molecule is C[C@@H](Oc1ccc(/C=C2\SC(=Nc3ccc(F)cc3)NC2=O)cc1)C(=O)[O-]. The van der Waals surface area contributed by atoms with Crippen LogP contribution in [0.2, 0.25) is 0 Å². The van der Waals surface area contributed by atoms with Crippen molar-refractivity contribution in [2.45, 2.75) is 13.0 Å². The minimum atomic E-state index is -1.30. The lowest BCUT2D eigenvalue weighted by Gasteiger charge is -2.15. The molecule has 8 heteroatoms. The number of carbonyl (C=O) groups excluding carboxylic acids is 2. The third-order valence-corrected chi connectivity index (χ3v) is 4.44. The van der Waals surface area contributed by atoms with Crippen LogP contribution in [-0.2, 0) is 9.59 Å². The molecule has 0 bridgehead atoms. The number of thioether (sulfide) groups is 1. The Morgan fingerprint density at radius 2 is 1.89 bits per heavy atom. The number of rotatable bonds is 5. The van der Waals surface area contributed by atoms with E-state index >= 15 is 0 Å². The number of hydrogen-bond acceptors (Lipinski definition) is 6. The molecule has 0 spiro atoms. The monoisotopic (exact) mass is 385 g/mol. The van der Waals surface area contributed by atoms with Crippen LogP contribution >= 0.6 is 11.8 Å². The van der Waals surface area contributed by atoms with Gasteiger partial charge in [0.25, 0.3) is 5.91 Å². The fourth-order valence-electron chi connectivity index (χ4n) is 2.16. The number of hydrogen-bond donors (Lipinski definition) is 1. The first kappa shape index (κ1) is 18.7. The molecule has 2 aromatic carbocycles. The van der Waals surface area contributed by atoms with E-state index in [4.69, 9.17) is 4.74 Å². The van der Waals surface area contributed by atoms with Gasteiger partial charge in [0.1, 0.15) is 17.7 Å². The number of ether oxygens (including phenoxy) is 1. The van der Waals surface area contributed by atoms with Crippen LogP contribution in [0.25, 0.3) is 6.08 Å². The van der Waals surface area contributed by atoms with Crippen molar-refractivity contribution in [3.63, 3.8) is 0 Å². The zero-order chi connectivity index (χ0) is 19.4. The van der Waals surface area contributed by atoms with Crippen molar-refractivity contribution in [3.8, 4) is 5.75 Å². The number of aliphatic imine (C=N–C) groups is 1. The van der Waals surface area contributed by atoms with Gasteiger partial charge in [0.05, 0.1) is 16.6 Å². The molecule has 0 radical (unpaired) electrons. The molecule has 0 aromatic heterocycles. The lowest BCUT2D eigenvalue weighted by molar-refractivity contribution is -0.312. The maximum atomic E-state index is 12.9. The Balaban J connectivity index is 1.70. The fraction of sp³-hybridized carbons (Fsp3) is 0.105. The van der Waals surface area contributed by atoms with Crippen LogP contribution in [0.1, 0.15) is 12.5 Å². The summed E-state index contributed by atoms with van der Waals surface area (Å²) in [5.74, 6) is -1.56. The van der Waals surface area contributed by atoms with Gasteiger partial charge in [-0.1, -0.05) is 12.1 Å². The quantitative estimate of drug-likeness (QED) is 0.797. The molecule has 27 heavy (non-hydrogen) atoms. The van der Waals surface area contributed by atoms with E-state index in [1.165, 1.54) is 43.0 Å². The molecule has 0 aliphatic carbocycles. The second-order valence-electron chi connectivity index (χ2n) is 5.61. The van der Waals surface area contributed by atoms with Crippen LogP contribution < -0.4 is 15.2 Å². The minimum Gasteiger partial charge on any atom is -0.546 e. The third-order valence-electron chi connectivity index (χ3n) is 3.53. The number of carboxylic acids is 1. The summed E-state index contributed by atoms with van der Waals surface area (Å²) < 4.78 is 18.1. The van der Waals surface area contributed by atoms with E-state index in [9.17, 15) is 19.1 Å². The van der Waals surface area contributed by atoms with E-state index in [1.807, 2.05) is 0 Å². The largest absolute Gasteiger partial charge is 0.546 e. The standard InChI is InChI=1S/C19H15FN2O4S/c1-11(18(24)25)26-15-8-2-12(3-9-15)10-16-17(23)22-19(27-16)21-14-6-4-13(20)5-7-14/h2-11H,1H3,(H,24,25)(H,21,22,23)/p-1/b16-10-/t11-/m1/s1. The molecule has 3 rings (SSSR count). The molecule has 0 unspecified atom stereocenters. The topological polar surface area (TPSA) is 90.8 Å². The van der Waals surface area contributed by atoms with Crippen LogP contribution in [0.5, 0.6) is 5.75 Å². The van der Waals surface area contributed by atoms with E-state index in [-0.39, 0.29) is 11.7 Å². The van der Waals surface area contributed by atoms with Gasteiger partial charge >= 0.3 is 0 Å². The molecular formula is C19H14FN2O4S-. The second kappa shape index (κ2) is 8.05. The molecule has 1 saturated heterocycles. The van der Waals surface area contributed by atoms with Crippen LogP contribution in [0.4, 0.5) is 10.1 Å². The minimum absolute atomic E-state index is 0.285. The normalized spacial score (nSPS) is 17.8.